The van der Waals surface area contributed by atoms with Gasteiger partial charge in [-0.05, 0) is 65.4 Å². The van der Waals surface area contributed by atoms with Gasteiger partial charge in [-0.2, -0.15) is 0 Å². The first-order valence-electron chi connectivity index (χ1n) is 5.99. The SMILES string of the molecule is CC(N)C(Oc1cccc(I)c1)c1cccc(Cl)c1. The molecular formula is C15H15ClINO. The average Bonchev–Trinajstić information content (AvgIpc) is 2.35. The number of ether oxygens (including phenoxy) is 1. The van der Waals surface area contributed by atoms with Gasteiger partial charge in [0, 0.05) is 14.6 Å². The summed E-state index contributed by atoms with van der Waals surface area (Å²) >= 11 is 8.28. The van der Waals surface area contributed by atoms with Crippen molar-refractivity contribution in [2.24, 2.45) is 5.73 Å². The smallest absolute Gasteiger partial charge is 0.138 e. The van der Waals surface area contributed by atoms with Crippen molar-refractivity contribution in [3.05, 3.63) is 62.7 Å². The summed E-state index contributed by atoms with van der Waals surface area (Å²) in [6.07, 6.45) is -0.211. The molecule has 100 valence electrons. The zero-order valence-corrected chi connectivity index (χ0v) is 13.4. The quantitative estimate of drug-likeness (QED) is 0.789. The first kappa shape index (κ1) is 14.6. The topological polar surface area (TPSA) is 35.2 Å². The van der Waals surface area contributed by atoms with E-state index in [4.69, 9.17) is 22.1 Å². The Morgan fingerprint density at radius 2 is 1.89 bits per heavy atom. The Morgan fingerprint density at radius 3 is 2.53 bits per heavy atom. The molecule has 2 nitrogen and oxygen atoms in total. The first-order chi connectivity index (χ1) is 9.06. The van der Waals surface area contributed by atoms with Crippen LogP contribution in [0.5, 0.6) is 5.75 Å². The second kappa shape index (κ2) is 6.59. The summed E-state index contributed by atoms with van der Waals surface area (Å²) in [6, 6.07) is 15.4. The molecule has 0 fully saturated rings. The highest BCUT2D eigenvalue weighted by molar-refractivity contribution is 14.1. The second-order valence-corrected chi connectivity index (χ2v) is 6.09. The van der Waals surface area contributed by atoms with Crippen LogP contribution in [-0.4, -0.2) is 6.04 Å². The molecule has 19 heavy (non-hydrogen) atoms. The van der Waals surface area contributed by atoms with Gasteiger partial charge in [0.15, 0.2) is 0 Å². The van der Waals surface area contributed by atoms with Crippen molar-refractivity contribution in [3.63, 3.8) is 0 Å². The van der Waals surface area contributed by atoms with E-state index >= 15 is 0 Å². The fraction of sp³-hybridized carbons (Fsp3) is 0.200. The van der Waals surface area contributed by atoms with Gasteiger partial charge >= 0.3 is 0 Å². The molecule has 0 heterocycles. The van der Waals surface area contributed by atoms with Crippen LogP contribution < -0.4 is 10.5 Å². The molecule has 0 bridgehead atoms. The maximum absolute atomic E-state index is 6.03. The summed E-state index contributed by atoms with van der Waals surface area (Å²) in [5.74, 6) is 0.814. The van der Waals surface area contributed by atoms with E-state index in [1.165, 1.54) is 0 Å². The van der Waals surface area contributed by atoms with E-state index in [1.54, 1.807) is 0 Å². The van der Waals surface area contributed by atoms with Crippen LogP contribution in [0.2, 0.25) is 5.02 Å². The molecule has 0 saturated carbocycles. The average molecular weight is 388 g/mol. The van der Waals surface area contributed by atoms with Gasteiger partial charge in [-0.25, -0.2) is 0 Å². The number of benzene rings is 2. The monoisotopic (exact) mass is 387 g/mol. The van der Waals surface area contributed by atoms with Gasteiger partial charge in [0.05, 0.1) is 0 Å². The Labute approximate surface area is 132 Å². The molecule has 0 amide bonds. The first-order valence-corrected chi connectivity index (χ1v) is 7.45. The number of hydrogen-bond acceptors (Lipinski definition) is 2. The van der Waals surface area contributed by atoms with E-state index in [0.717, 1.165) is 14.9 Å². The lowest BCUT2D eigenvalue weighted by molar-refractivity contribution is 0.180. The van der Waals surface area contributed by atoms with Crippen LogP contribution >= 0.6 is 34.2 Å². The normalized spacial score (nSPS) is 13.9. The molecule has 2 N–H and O–H groups in total. The Kier molecular flexibility index (Phi) is 5.07. The highest BCUT2D eigenvalue weighted by Gasteiger charge is 2.18. The predicted molar refractivity (Wildman–Crippen MR) is 87.6 cm³/mol. The molecule has 2 rings (SSSR count). The van der Waals surface area contributed by atoms with E-state index in [-0.39, 0.29) is 12.1 Å². The molecule has 0 saturated heterocycles. The van der Waals surface area contributed by atoms with Crippen molar-refractivity contribution in [2.45, 2.75) is 19.1 Å². The molecule has 0 aliphatic rings. The van der Waals surface area contributed by atoms with Crippen molar-refractivity contribution in [1.82, 2.24) is 0 Å². The number of hydrogen-bond donors (Lipinski definition) is 1. The number of rotatable bonds is 4. The molecule has 2 atom stereocenters. The third-order valence-corrected chi connectivity index (χ3v) is 3.62. The van der Waals surface area contributed by atoms with Gasteiger partial charge in [0.1, 0.15) is 11.9 Å². The third-order valence-electron chi connectivity index (χ3n) is 2.71. The van der Waals surface area contributed by atoms with Crippen molar-refractivity contribution >= 4 is 34.2 Å². The Hall–Kier alpha value is -0.780. The second-order valence-electron chi connectivity index (χ2n) is 4.41. The molecule has 2 aromatic carbocycles. The van der Waals surface area contributed by atoms with E-state index in [1.807, 2.05) is 55.5 Å². The molecular weight excluding hydrogens is 373 g/mol. The molecule has 2 aromatic rings. The lowest BCUT2D eigenvalue weighted by atomic mass is 10.0. The van der Waals surface area contributed by atoms with Gasteiger partial charge in [-0.15, -0.1) is 0 Å². The van der Waals surface area contributed by atoms with Crippen LogP contribution in [0.3, 0.4) is 0 Å². The van der Waals surface area contributed by atoms with Crippen LogP contribution in [0.25, 0.3) is 0 Å². The fourth-order valence-corrected chi connectivity index (χ4v) is 2.56. The van der Waals surface area contributed by atoms with Gasteiger partial charge in [0.25, 0.3) is 0 Å². The zero-order chi connectivity index (χ0) is 13.8. The zero-order valence-electron chi connectivity index (χ0n) is 10.5. The molecule has 2 unspecified atom stereocenters. The minimum absolute atomic E-state index is 0.128. The highest BCUT2D eigenvalue weighted by atomic mass is 127. The molecule has 0 aliphatic carbocycles. The van der Waals surface area contributed by atoms with Gasteiger partial charge in [-0.1, -0.05) is 29.8 Å². The Morgan fingerprint density at radius 1 is 1.16 bits per heavy atom. The van der Waals surface area contributed by atoms with Crippen LogP contribution in [0.15, 0.2) is 48.5 Å². The highest BCUT2D eigenvalue weighted by Crippen LogP contribution is 2.26. The number of halogens is 2. The molecule has 0 spiro atoms. The third kappa shape index (κ3) is 4.09. The van der Waals surface area contributed by atoms with Crippen molar-refractivity contribution in [2.75, 3.05) is 0 Å². The van der Waals surface area contributed by atoms with Gasteiger partial charge in [-0.3, -0.25) is 0 Å². The fourth-order valence-electron chi connectivity index (χ4n) is 1.85. The Bertz CT molecular complexity index is 559. The predicted octanol–water partition coefficient (Wildman–Crippen LogP) is 4.41. The number of nitrogens with two attached hydrogens (primary N) is 1. The molecule has 0 aliphatic heterocycles. The maximum atomic E-state index is 6.03. The van der Waals surface area contributed by atoms with Gasteiger partial charge in [0.2, 0.25) is 0 Å². The van der Waals surface area contributed by atoms with E-state index in [0.29, 0.717) is 5.02 Å². The summed E-state index contributed by atoms with van der Waals surface area (Å²) in [7, 11) is 0. The van der Waals surface area contributed by atoms with Crippen molar-refractivity contribution < 1.29 is 4.74 Å². The summed E-state index contributed by atoms with van der Waals surface area (Å²) < 4.78 is 7.14. The van der Waals surface area contributed by atoms with Crippen LogP contribution in [-0.2, 0) is 0 Å². The lowest BCUT2D eigenvalue weighted by Gasteiger charge is -2.23. The minimum Gasteiger partial charge on any atom is -0.484 e. The standard InChI is InChI=1S/C15H15ClINO/c1-10(18)15(11-4-2-5-12(16)8-11)19-14-7-3-6-13(17)9-14/h2-10,15H,18H2,1H3. The largest absolute Gasteiger partial charge is 0.484 e. The van der Waals surface area contributed by atoms with Crippen LogP contribution in [0.1, 0.15) is 18.6 Å². The van der Waals surface area contributed by atoms with Crippen molar-refractivity contribution in [3.8, 4) is 5.75 Å². The van der Waals surface area contributed by atoms with E-state index in [2.05, 4.69) is 22.6 Å². The summed E-state index contributed by atoms with van der Waals surface area (Å²) in [4.78, 5) is 0. The summed E-state index contributed by atoms with van der Waals surface area (Å²) in [5, 5.41) is 0.689. The lowest BCUT2D eigenvalue weighted by Crippen LogP contribution is -2.29. The maximum Gasteiger partial charge on any atom is 0.138 e. The molecule has 0 aromatic heterocycles. The minimum atomic E-state index is -0.211. The van der Waals surface area contributed by atoms with Crippen LogP contribution in [0, 0.1) is 3.57 Å². The Balaban J connectivity index is 2.26. The van der Waals surface area contributed by atoms with E-state index < -0.39 is 0 Å². The van der Waals surface area contributed by atoms with Gasteiger partial charge < -0.3 is 10.5 Å². The summed E-state index contributed by atoms with van der Waals surface area (Å²) in [5.41, 5.74) is 7.02. The summed E-state index contributed by atoms with van der Waals surface area (Å²) in [6.45, 7) is 1.93. The van der Waals surface area contributed by atoms with Crippen molar-refractivity contribution in [1.29, 1.82) is 0 Å². The molecule has 0 radical (unpaired) electrons. The van der Waals surface area contributed by atoms with Crippen LogP contribution in [0.4, 0.5) is 0 Å². The molecule has 4 heteroatoms. The van der Waals surface area contributed by atoms with E-state index in [9.17, 15) is 0 Å².